The van der Waals surface area contributed by atoms with Gasteiger partial charge in [-0.05, 0) is 30.3 Å². The Morgan fingerprint density at radius 2 is 1.72 bits per heavy atom. The molecule has 136 valence electrons. The molecule has 0 saturated carbocycles. The van der Waals surface area contributed by atoms with E-state index in [0.717, 1.165) is 10.4 Å². The molecule has 2 rings (SSSR count). The van der Waals surface area contributed by atoms with Gasteiger partial charge in [0.1, 0.15) is 0 Å². The highest BCUT2D eigenvalue weighted by Crippen LogP contribution is 2.21. The lowest BCUT2D eigenvalue weighted by Gasteiger charge is -2.17. The Labute approximate surface area is 147 Å². The molecule has 2 aromatic rings. The SMILES string of the molecule is COCCN(C)S(=O)(=O)c1cccc(S(=O)(=O)Nc2ccncc2)c1. The largest absolute Gasteiger partial charge is 0.383 e. The normalized spacial score (nSPS) is 12.3. The summed E-state index contributed by atoms with van der Waals surface area (Å²) in [6.45, 7) is 0.391. The van der Waals surface area contributed by atoms with E-state index in [4.69, 9.17) is 4.74 Å². The molecule has 0 unspecified atom stereocenters. The van der Waals surface area contributed by atoms with Gasteiger partial charge in [0.25, 0.3) is 10.0 Å². The molecule has 0 saturated heterocycles. The van der Waals surface area contributed by atoms with Gasteiger partial charge in [0.05, 0.1) is 22.1 Å². The molecule has 10 heteroatoms. The Bertz CT molecular complexity index is 915. The molecule has 0 radical (unpaired) electrons. The molecule has 0 aliphatic rings. The number of anilines is 1. The highest BCUT2D eigenvalue weighted by atomic mass is 32.2. The number of pyridine rings is 1. The van der Waals surface area contributed by atoms with Crippen LogP contribution in [0.25, 0.3) is 0 Å². The minimum absolute atomic E-state index is 0.108. The summed E-state index contributed by atoms with van der Waals surface area (Å²) in [5.74, 6) is 0. The number of likely N-dealkylation sites (N-methyl/N-ethyl adjacent to an activating group) is 1. The maximum absolute atomic E-state index is 12.5. The van der Waals surface area contributed by atoms with Crippen molar-refractivity contribution in [2.45, 2.75) is 9.79 Å². The van der Waals surface area contributed by atoms with Gasteiger partial charge in [-0.3, -0.25) is 9.71 Å². The zero-order chi connectivity index (χ0) is 18.5. The van der Waals surface area contributed by atoms with E-state index in [1.807, 2.05) is 0 Å². The maximum Gasteiger partial charge on any atom is 0.261 e. The Balaban J connectivity index is 2.32. The van der Waals surface area contributed by atoms with Crippen molar-refractivity contribution < 1.29 is 21.6 Å². The molecule has 1 N–H and O–H groups in total. The number of hydrogen-bond acceptors (Lipinski definition) is 6. The number of ether oxygens (including phenoxy) is 1. The van der Waals surface area contributed by atoms with Crippen LogP contribution in [-0.4, -0.2) is 53.4 Å². The molecule has 1 heterocycles. The zero-order valence-corrected chi connectivity index (χ0v) is 15.4. The van der Waals surface area contributed by atoms with E-state index in [1.165, 1.54) is 56.9 Å². The van der Waals surface area contributed by atoms with Gasteiger partial charge < -0.3 is 4.74 Å². The summed E-state index contributed by atoms with van der Waals surface area (Å²) in [7, 11) is -4.86. The Hall–Kier alpha value is -2.01. The molecular formula is C15H19N3O5S2. The molecule has 8 nitrogen and oxygen atoms in total. The van der Waals surface area contributed by atoms with Gasteiger partial charge in [-0.25, -0.2) is 16.8 Å². The fourth-order valence-electron chi connectivity index (χ4n) is 1.96. The summed E-state index contributed by atoms with van der Waals surface area (Å²) in [6.07, 6.45) is 2.90. The van der Waals surface area contributed by atoms with Crippen LogP contribution in [-0.2, 0) is 24.8 Å². The Kier molecular flexibility index (Phi) is 6.11. The second kappa shape index (κ2) is 7.91. The number of methoxy groups -OCH3 is 1. The van der Waals surface area contributed by atoms with Gasteiger partial charge in [-0.15, -0.1) is 0 Å². The van der Waals surface area contributed by atoms with Crippen LogP contribution in [0.2, 0.25) is 0 Å². The molecule has 0 fully saturated rings. The van der Waals surface area contributed by atoms with E-state index in [2.05, 4.69) is 9.71 Å². The maximum atomic E-state index is 12.5. The average Bonchev–Trinajstić information content (AvgIpc) is 2.60. The van der Waals surface area contributed by atoms with E-state index in [0.29, 0.717) is 5.69 Å². The van der Waals surface area contributed by atoms with Crippen LogP contribution in [0.15, 0.2) is 58.6 Å². The van der Waals surface area contributed by atoms with Crippen molar-refractivity contribution in [3.8, 4) is 0 Å². The average molecular weight is 385 g/mol. The number of nitrogens with zero attached hydrogens (tertiary/aromatic N) is 2. The van der Waals surface area contributed by atoms with Crippen LogP contribution >= 0.6 is 0 Å². The van der Waals surface area contributed by atoms with Gasteiger partial charge in [-0.1, -0.05) is 6.07 Å². The topological polar surface area (TPSA) is 106 Å². The minimum Gasteiger partial charge on any atom is -0.383 e. The van der Waals surface area contributed by atoms with Crippen LogP contribution < -0.4 is 4.72 Å². The monoisotopic (exact) mass is 385 g/mol. The summed E-state index contributed by atoms with van der Waals surface area (Å²) in [5.41, 5.74) is 0.334. The van der Waals surface area contributed by atoms with E-state index in [-0.39, 0.29) is 22.9 Å². The third-order valence-electron chi connectivity index (χ3n) is 3.37. The van der Waals surface area contributed by atoms with Crippen molar-refractivity contribution >= 4 is 25.7 Å². The summed E-state index contributed by atoms with van der Waals surface area (Å²) >= 11 is 0. The molecular weight excluding hydrogens is 366 g/mol. The highest BCUT2D eigenvalue weighted by Gasteiger charge is 2.23. The van der Waals surface area contributed by atoms with E-state index in [1.54, 1.807) is 0 Å². The number of rotatable bonds is 8. The first-order valence-corrected chi connectivity index (χ1v) is 10.2. The van der Waals surface area contributed by atoms with Crippen molar-refractivity contribution in [1.82, 2.24) is 9.29 Å². The zero-order valence-electron chi connectivity index (χ0n) is 13.8. The van der Waals surface area contributed by atoms with Crippen LogP contribution in [0.1, 0.15) is 0 Å². The van der Waals surface area contributed by atoms with Crippen molar-refractivity contribution in [2.75, 3.05) is 32.0 Å². The van der Waals surface area contributed by atoms with Gasteiger partial charge in [0.15, 0.2) is 0 Å². The van der Waals surface area contributed by atoms with E-state index < -0.39 is 20.0 Å². The molecule has 25 heavy (non-hydrogen) atoms. The third kappa shape index (κ3) is 4.75. The van der Waals surface area contributed by atoms with Crippen molar-refractivity contribution in [3.63, 3.8) is 0 Å². The second-order valence-electron chi connectivity index (χ2n) is 5.14. The first-order chi connectivity index (χ1) is 11.8. The number of sulfonamides is 2. The lowest BCUT2D eigenvalue weighted by atomic mass is 10.4. The minimum atomic E-state index is -3.92. The van der Waals surface area contributed by atoms with E-state index >= 15 is 0 Å². The van der Waals surface area contributed by atoms with Crippen LogP contribution in [0.5, 0.6) is 0 Å². The number of benzene rings is 1. The standard InChI is InChI=1S/C15H19N3O5S2/c1-18(10-11-23-2)25(21,22)15-5-3-4-14(12-15)24(19,20)17-13-6-8-16-9-7-13/h3-9,12H,10-11H2,1-2H3,(H,16,17). The predicted molar refractivity (Wildman–Crippen MR) is 93.2 cm³/mol. The number of nitrogens with one attached hydrogen (secondary N) is 1. The van der Waals surface area contributed by atoms with Crippen LogP contribution in [0.4, 0.5) is 5.69 Å². The molecule has 1 aromatic carbocycles. The second-order valence-corrected chi connectivity index (χ2v) is 8.86. The van der Waals surface area contributed by atoms with Crippen LogP contribution in [0, 0.1) is 0 Å². The van der Waals surface area contributed by atoms with Gasteiger partial charge in [-0.2, -0.15) is 4.31 Å². The molecule has 1 aromatic heterocycles. The summed E-state index contributed by atoms with van der Waals surface area (Å²) in [6, 6.07) is 8.19. The van der Waals surface area contributed by atoms with Gasteiger partial charge >= 0.3 is 0 Å². The van der Waals surface area contributed by atoms with Crippen molar-refractivity contribution in [1.29, 1.82) is 0 Å². The Morgan fingerprint density at radius 1 is 1.08 bits per heavy atom. The summed E-state index contributed by atoms with van der Waals surface area (Å²) in [5, 5.41) is 0. The van der Waals surface area contributed by atoms with Crippen molar-refractivity contribution in [3.05, 3.63) is 48.8 Å². The lowest BCUT2D eigenvalue weighted by Crippen LogP contribution is -2.30. The van der Waals surface area contributed by atoms with Crippen molar-refractivity contribution in [2.24, 2.45) is 0 Å². The summed E-state index contributed by atoms with van der Waals surface area (Å²) in [4.78, 5) is 3.55. The first kappa shape index (κ1) is 19.3. The smallest absolute Gasteiger partial charge is 0.261 e. The number of aromatic nitrogens is 1. The van der Waals surface area contributed by atoms with Gasteiger partial charge in [0.2, 0.25) is 10.0 Å². The lowest BCUT2D eigenvalue weighted by molar-refractivity contribution is 0.185. The molecule has 0 spiro atoms. The predicted octanol–water partition coefficient (Wildman–Crippen LogP) is 1.15. The Morgan fingerprint density at radius 3 is 2.36 bits per heavy atom. The highest BCUT2D eigenvalue weighted by molar-refractivity contribution is 7.93. The summed E-state index contributed by atoms with van der Waals surface area (Å²) < 4.78 is 58.3. The number of hydrogen-bond donors (Lipinski definition) is 1. The fourth-order valence-corrected chi connectivity index (χ4v) is 4.34. The first-order valence-electron chi connectivity index (χ1n) is 7.25. The molecule has 0 aliphatic heterocycles. The van der Waals surface area contributed by atoms with E-state index in [9.17, 15) is 16.8 Å². The molecule has 0 atom stereocenters. The quantitative estimate of drug-likeness (QED) is 0.731. The molecule has 0 amide bonds. The third-order valence-corrected chi connectivity index (χ3v) is 6.60. The fraction of sp³-hybridized carbons (Fsp3) is 0.267. The molecule has 0 aliphatic carbocycles. The molecule has 0 bridgehead atoms. The van der Waals surface area contributed by atoms with Crippen LogP contribution in [0.3, 0.4) is 0 Å². The van der Waals surface area contributed by atoms with Gasteiger partial charge in [0, 0.05) is 33.1 Å².